The molecule has 0 aliphatic carbocycles. The molecule has 2 aromatic carbocycles. The van der Waals surface area contributed by atoms with Crippen molar-refractivity contribution in [2.24, 2.45) is 0 Å². The minimum Gasteiger partial charge on any atom is -0.356 e. The molecule has 2 fully saturated rings. The van der Waals surface area contributed by atoms with E-state index in [4.69, 9.17) is 59.7 Å². The highest BCUT2D eigenvalue weighted by Gasteiger charge is 2.49. The Hall–Kier alpha value is -8.63. The number of nitrogens with one attached hydrogen (secondary N) is 8. The Morgan fingerprint density at radius 1 is 0.634 bits per heavy atom. The number of halogens is 7. The van der Waals surface area contributed by atoms with E-state index in [-0.39, 0.29) is 31.0 Å². The molecule has 21 nitrogen and oxygen atoms in total. The maximum atomic E-state index is 12.9. The molecule has 93 heavy (non-hydrogen) atoms. The number of hydrogen-bond donors (Lipinski definition) is 8. The second-order valence-corrected chi connectivity index (χ2v) is 27.3. The average molecular weight is 1380 g/mol. The summed E-state index contributed by atoms with van der Waals surface area (Å²) in [7, 11) is 0. The van der Waals surface area contributed by atoms with Gasteiger partial charge in [-0.2, -0.15) is 13.2 Å². The fourth-order valence-electron chi connectivity index (χ4n) is 10.6. The number of rotatable bonds is 15. The topological polar surface area (TPSA) is 278 Å². The second kappa shape index (κ2) is 27.5. The Labute approximate surface area is 561 Å². The van der Waals surface area contributed by atoms with Crippen molar-refractivity contribution in [2.45, 2.75) is 74.8 Å². The van der Waals surface area contributed by atoms with Gasteiger partial charge in [0.15, 0.2) is 17.5 Å². The molecule has 30 heteroatoms. The number of aromatic amines is 3. The van der Waals surface area contributed by atoms with Gasteiger partial charge in [0.1, 0.15) is 64.7 Å². The number of hydrogen-bond acceptors (Lipinski definition) is 17. The van der Waals surface area contributed by atoms with E-state index in [2.05, 4.69) is 61.5 Å². The number of alkyl halides is 4. The van der Waals surface area contributed by atoms with Gasteiger partial charge in [0.2, 0.25) is 17.7 Å². The number of likely N-dealkylation sites (N-methyl/N-ethyl adjacent to an activating group) is 1. The van der Waals surface area contributed by atoms with E-state index in [9.17, 15) is 31.9 Å². The standard InChI is InChI=1S/C21H20ClF3N6OS2.C21H20ClFN6O.C21H21ClN6O.6H2/c22-12-6-13-14(9-28-17(13)27-8-12)18-26-3-2-16(30-18)31-11-20(33-4-1-5-34-20)7-15(31)19(32)29-10-21(23,24)25;1-21(2,20(30)24-8-7-23)29-19-13-5-3-4-6-16(13)27-18(28-19)15-11-26-17-14(15)9-12(22)10-25-17;1-4-23-20(29)21(2,3)28-19-13-7-5-6-8-16(13)26-18(27-19)15-11-25-17-14(15)9-12(22)10-24-17;;;;;;/h2-3,6,8-9,15H,1,4-5,7,10-11H2,(H,27,28)(H,29,32);3-6,9-11H,7-8H2,1-2H3,(H,24,30)(H,25,26)(H,27,28,29);5-11H,4H2,1-3H3,(H,23,29)(H,24,25)(H,26,27,28);6*1H/t15-;;;;;;;;/m1......../s1. The number of aromatic nitrogens is 12. The van der Waals surface area contributed by atoms with Crippen molar-refractivity contribution in [1.29, 1.82) is 0 Å². The van der Waals surface area contributed by atoms with Gasteiger partial charge < -0.3 is 46.4 Å². The smallest absolute Gasteiger partial charge is 0.356 e. The normalized spacial score (nSPS) is 14.8. The van der Waals surface area contributed by atoms with Crippen molar-refractivity contribution in [2.75, 3.05) is 59.9 Å². The summed E-state index contributed by atoms with van der Waals surface area (Å²) < 4.78 is 50.5. The van der Waals surface area contributed by atoms with Crippen LogP contribution in [0.25, 0.3) is 89.1 Å². The highest BCUT2D eigenvalue weighted by atomic mass is 35.5. The summed E-state index contributed by atoms with van der Waals surface area (Å²) in [6.45, 7) is 8.01. The molecule has 9 aromatic heterocycles. The fourth-order valence-corrected chi connectivity index (χ4v) is 14.4. The Bertz CT molecular complexity index is 4620. The van der Waals surface area contributed by atoms with Gasteiger partial charge in [0.25, 0.3) is 0 Å². The number of para-hydroxylation sites is 2. The van der Waals surface area contributed by atoms with Crippen LogP contribution < -0.4 is 31.5 Å². The Kier molecular flexibility index (Phi) is 19.5. The van der Waals surface area contributed by atoms with Crippen molar-refractivity contribution in [3.05, 3.63) is 131 Å². The van der Waals surface area contributed by atoms with E-state index in [0.29, 0.717) is 97.5 Å². The van der Waals surface area contributed by atoms with Crippen LogP contribution in [-0.4, -0.2) is 149 Å². The molecule has 0 unspecified atom stereocenters. The lowest BCUT2D eigenvalue weighted by Crippen LogP contribution is -2.48. The summed E-state index contributed by atoms with van der Waals surface area (Å²) in [6, 6.07) is 21.5. The molecule has 0 radical (unpaired) electrons. The summed E-state index contributed by atoms with van der Waals surface area (Å²) in [5.74, 6) is 3.80. The monoisotopic (exact) mass is 1370 g/mol. The summed E-state index contributed by atoms with van der Waals surface area (Å²) in [5, 5.41) is 19.5. The van der Waals surface area contributed by atoms with Crippen molar-refractivity contribution < 1.29 is 40.5 Å². The van der Waals surface area contributed by atoms with E-state index in [0.717, 1.165) is 61.5 Å². The third-order valence-corrected chi connectivity index (χ3v) is 19.1. The van der Waals surface area contributed by atoms with Crippen molar-refractivity contribution in [3.8, 4) is 34.2 Å². The van der Waals surface area contributed by atoms with Gasteiger partial charge in [-0.15, -0.1) is 23.5 Å². The fraction of sp³-hybridized carbons (Fsp3) is 0.302. The van der Waals surface area contributed by atoms with Gasteiger partial charge in [0, 0.05) is 122 Å². The van der Waals surface area contributed by atoms with E-state index in [1.165, 1.54) is 6.20 Å². The molecule has 3 amide bonds. The van der Waals surface area contributed by atoms with E-state index in [1.54, 1.807) is 86.6 Å². The number of anilines is 3. The molecule has 494 valence electrons. The first-order valence-electron chi connectivity index (χ1n) is 29.3. The van der Waals surface area contributed by atoms with Gasteiger partial charge >= 0.3 is 6.18 Å². The number of benzene rings is 2. The zero-order chi connectivity index (χ0) is 65.8. The highest BCUT2D eigenvalue weighted by Crippen LogP contribution is 2.51. The van der Waals surface area contributed by atoms with Crippen LogP contribution in [0.4, 0.5) is 35.0 Å². The Morgan fingerprint density at radius 3 is 1.58 bits per heavy atom. The van der Waals surface area contributed by atoms with E-state index < -0.39 is 42.4 Å². The predicted molar refractivity (Wildman–Crippen MR) is 374 cm³/mol. The zero-order valence-electron chi connectivity index (χ0n) is 50.6. The lowest BCUT2D eigenvalue weighted by atomic mass is 10.0. The molecule has 2 saturated heterocycles. The molecule has 1 spiro atoms. The van der Waals surface area contributed by atoms with Gasteiger partial charge in [-0.05, 0) is 101 Å². The van der Waals surface area contributed by atoms with E-state index in [1.807, 2.05) is 86.5 Å². The van der Waals surface area contributed by atoms with Gasteiger partial charge in [-0.3, -0.25) is 14.4 Å². The largest absolute Gasteiger partial charge is 0.405 e. The number of nitrogens with zero attached hydrogens (tertiary/aromatic N) is 10. The lowest BCUT2D eigenvalue weighted by Gasteiger charge is -2.31. The molecule has 0 bridgehead atoms. The van der Waals surface area contributed by atoms with Gasteiger partial charge in [-0.25, -0.2) is 49.2 Å². The van der Waals surface area contributed by atoms with Gasteiger partial charge in [-0.1, -0.05) is 59.1 Å². The van der Waals surface area contributed by atoms with Crippen LogP contribution in [0.2, 0.25) is 15.1 Å². The number of carbonyl (C=O) groups excluding carboxylic acids is 3. The number of thioether (sulfide) groups is 2. The van der Waals surface area contributed by atoms with Crippen LogP contribution in [0.15, 0.2) is 116 Å². The SMILES string of the molecule is CC(C)(Nc1nc(-c2c[nH]c3ncc(Cl)cc23)nc2ccccc12)C(=O)NCCF.CCNC(=O)C(C)(C)Nc1nc(-c2c[nH]c3ncc(Cl)cc23)nc2ccccc12.O=C(NCC(F)(F)F)[C@H]1CC2(CN1c1ccnc(-c3c[nH]c4ncc(Cl)cc34)n1)SCCCS2.[HH].[HH].[HH].[HH].[HH].[HH]. The number of H-pyrrole nitrogens is 3. The summed E-state index contributed by atoms with van der Waals surface area (Å²) in [4.78, 5) is 89.8. The molecule has 11 aromatic rings. The molecule has 2 aliphatic heterocycles. The van der Waals surface area contributed by atoms with Crippen molar-refractivity contribution in [1.82, 2.24) is 75.8 Å². The highest BCUT2D eigenvalue weighted by molar-refractivity contribution is 8.18. The third-order valence-electron chi connectivity index (χ3n) is 15.1. The number of pyridine rings is 3. The van der Waals surface area contributed by atoms with Crippen LogP contribution in [0.3, 0.4) is 0 Å². The van der Waals surface area contributed by atoms with E-state index >= 15 is 0 Å². The maximum absolute atomic E-state index is 12.9. The first-order chi connectivity index (χ1) is 44.5. The quantitative estimate of drug-likeness (QED) is 0.0443. The molecule has 1 atom stereocenters. The van der Waals surface area contributed by atoms with Crippen LogP contribution >= 0.6 is 58.3 Å². The minimum absolute atomic E-state index is 0. The van der Waals surface area contributed by atoms with Crippen molar-refractivity contribution >= 4 is 148 Å². The zero-order valence-corrected chi connectivity index (χ0v) is 54.5. The number of carbonyl (C=O) groups is 3. The van der Waals surface area contributed by atoms with Crippen LogP contribution in [0.1, 0.15) is 56.0 Å². The molecular weight excluding hydrogens is 1300 g/mol. The first kappa shape index (κ1) is 65.8. The minimum atomic E-state index is -4.47. The Morgan fingerprint density at radius 2 is 1.11 bits per heavy atom. The van der Waals surface area contributed by atoms with Crippen molar-refractivity contribution in [3.63, 3.8) is 0 Å². The Balaban J connectivity index is 0.000000261. The summed E-state index contributed by atoms with van der Waals surface area (Å²) >= 11 is 21.9. The summed E-state index contributed by atoms with van der Waals surface area (Å²) in [6.07, 6.45) is 8.65. The second-order valence-electron chi connectivity index (χ2n) is 22.8. The number of fused-ring (bicyclic) bond motifs is 5. The van der Waals surface area contributed by atoms with Crippen LogP contribution in [0, 0.1) is 0 Å². The molecule has 2 aliphatic rings. The predicted octanol–water partition coefficient (Wildman–Crippen LogP) is 14.2. The third kappa shape index (κ3) is 14.9. The molecule has 13 rings (SSSR count). The molecule has 8 N–H and O–H groups in total. The maximum Gasteiger partial charge on any atom is 0.405 e. The first-order valence-corrected chi connectivity index (χ1v) is 32.4. The van der Waals surface area contributed by atoms with Gasteiger partial charge in [0.05, 0.1) is 30.2 Å². The molecular formula is C63H73Cl3F4N18O3S2. The number of amides is 3. The lowest BCUT2D eigenvalue weighted by molar-refractivity contribution is -0.139. The average Bonchev–Trinajstić information content (AvgIpc) is 1.72. The molecule has 11 heterocycles. The van der Waals surface area contributed by atoms with Crippen LogP contribution in [0.5, 0.6) is 0 Å². The molecule has 0 saturated carbocycles. The summed E-state index contributed by atoms with van der Waals surface area (Å²) in [5.41, 5.74) is 3.86. The van der Waals surface area contributed by atoms with Crippen LogP contribution in [-0.2, 0) is 14.4 Å².